The lowest BCUT2D eigenvalue weighted by molar-refractivity contribution is 0.405. The van der Waals surface area contributed by atoms with Crippen LogP contribution in [-0.2, 0) is 6.42 Å². The second-order valence-electron chi connectivity index (χ2n) is 4.43. The van der Waals surface area contributed by atoms with E-state index >= 15 is 0 Å². The van der Waals surface area contributed by atoms with Crippen molar-refractivity contribution < 1.29 is 4.74 Å². The number of hydrogen-bond acceptors (Lipinski definition) is 2. The summed E-state index contributed by atoms with van der Waals surface area (Å²) >= 11 is 18.1. The van der Waals surface area contributed by atoms with Gasteiger partial charge >= 0.3 is 0 Å². The predicted molar refractivity (Wildman–Crippen MR) is 85.1 cm³/mol. The molecule has 106 valence electrons. The highest BCUT2D eigenvalue weighted by Gasteiger charge is 2.15. The van der Waals surface area contributed by atoms with E-state index in [0.717, 1.165) is 11.1 Å². The van der Waals surface area contributed by atoms with Crippen molar-refractivity contribution >= 4 is 34.8 Å². The molecule has 2 rings (SSSR count). The largest absolute Gasteiger partial charge is 0.496 e. The summed E-state index contributed by atoms with van der Waals surface area (Å²) in [6.45, 7) is 0. The lowest BCUT2D eigenvalue weighted by Gasteiger charge is -2.17. The molecule has 1 atom stereocenters. The monoisotopic (exact) mass is 329 g/mol. The highest BCUT2D eigenvalue weighted by atomic mass is 35.5. The van der Waals surface area contributed by atoms with Crippen LogP contribution in [-0.4, -0.2) is 7.11 Å². The molecule has 2 nitrogen and oxygen atoms in total. The molecule has 20 heavy (non-hydrogen) atoms. The van der Waals surface area contributed by atoms with Crippen LogP contribution in [0.1, 0.15) is 17.2 Å². The van der Waals surface area contributed by atoms with Gasteiger partial charge in [-0.3, -0.25) is 0 Å². The Hall–Kier alpha value is -0.930. The Morgan fingerprint density at radius 1 is 1.05 bits per heavy atom. The van der Waals surface area contributed by atoms with Crippen LogP contribution in [0.3, 0.4) is 0 Å². The molecule has 2 N–H and O–H groups in total. The molecule has 0 saturated heterocycles. The first-order chi connectivity index (χ1) is 9.51. The van der Waals surface area contributed by atoms with Crippen molar-refractivity contribution in [2.24, 2.45) is 5.73 Å². The standard InChI is InChI=1S/C15H14Cl3NO/c1-20-15-5-4-10(16)7-12(15)14(19)6-9-2-3-11(17)8-13(9)18/h2-5,7-8,14H,6,19H2,1H3. The number of ether oxygens (including phenoxy) is 1. The first kappa shape index (κ1) is 15.5. The Morgan fingerprint density at radius 2 is 1.70 bits per heavy atom. The van der Waals surface area contributed by atoms with Gasteiger partial charge in [0.2, 0.25) is 0 Å². The third-order valence-electron chi connectivity index (χ3n) is 3.05. The molecule has 0 saturated carbocycles. The van der Waals surface area contributed by atoms with E-state index in [-0.39, 0.29) is 6.04 Å². The lowest BCUT2D eigenvalue weighted by Crippen LogP contribution is -2.14. The van der Waals surface area contributed by atoms with Crippen molar-refractivity contribution in [1.82, 2.24) is 0 Å². The SMILES string of the molecule is COc1ccc(Cl)cc1C(N)Cc1ccc(Cl)cc1Cl. The summed E-state index contributed by atoms with van der Waals surface area (Å²) in [5.41, 5.74) is 8.04. The van der Waals surface area contributed by atoms with E-state index in [1.54, 1.807) is 31.4 Å². The maximum absolute atomic E-state index is 6.25. The second kappa shape index (κ2) is 6.68. The summed E-state index contributed by atoms with van der Waals surface area (Å²) in [6, 6.07) is 10.5. The Balaban J connectivity index is 2.27. The smallest absolute Gasteiger partial charge is 0.123 e. The van der Waals surface area contributed by atoms with Gasteiger partial charge in [-0.2, -0.15) is 0 Å². The molecule has 1 unspecified atom stereocenters. The van der Waals surface area contributed by atoms with Crippen LogP contribution >= 0.6 is 34.8 Å². The topological polar surface area (TPSA) is 35.2 Å². The van der Waals surface area contributed by atoms with Crippen LogP contribution in [0.5, 0.6) is 5.75 Å². The van der Waals surface area contributed by atoms with E-state index in [1.807, 2.05) is 12.1 Å². The maximum Gasteiger partial charge on any atom is 0.123 e. The molecule has 2 aromatic carbocycles. The first-order valence-electron chi connectivity index (χ1n) is 6.04. The van der Waals surface area contributed by atoms with Crippen LogP contribution in [0, 0.1) is 0 Å². The number of nitrogens with two attached hydrogens (primary N) is 1. The molecular weight excluding hydrogens is 317 g/mol. The maximum atomic E-state index is 6.25. The summed E-state index contributed by atoms with van der Waals surface area (Å²) in [6.07, 6.45) is 0.576. The number of methoxy groups -OCH3 is 1. The summed E-state index contributed by atoms with van der Waals surface area (Å²) < 4.78 is 5.32. The Bertz CT molecular complexity index is 616. The third-order valence-corrected chi connectivity index (χ3v) is 3.87. The van der Waals surface area contributed by atoms with Gasteiger partial charge in [-0.25, -0.2) is 0 Å². The fraction of sp³-hybridized carbons (Fsp3) is 0.200. The molecule has 0 heterocycles. The van der Waals surface area contributed by atoms with Gasteiger partial charge in [-0.1, -0.05) is 40.9 Å². The molecule has 5 heteroatoms. The van der Waals surface area contributed by atoms with Crippen LogP contribution < -0.4 is 10.5 Å². The van der Waals surface area contributed by atoms with E-state index < -0.39 is 0 Å². The average molecular weight is 331 g/mol. The van der Waals surface area contributed by atoms with Gasteiger partial charge in [0, 0.05) is 26.7 Å². The van der Waals surface area contributed by atoms with E-state index in [0.29, 0.717) is 27.2 Å². The molecule has 0 aliphatic carbocycles. The normalized spacial score (nSPS) is 12.2. The first-order valence-corrected chi connectivity index (χ1v) is 7.17. The van der Waals surface area contributed by atoms with Gasteiger partial charge in [0.05, 0.1) is 7.11 Å². The van der Waals surface area contributed by atoms with Gasteiger partial charge in [-0.05, 0) is 42.3 Å². The highest BCUT2D eigenvalue weighted by Crippen LogP contribution is 2.31. The second-order valence-corrected chi connectivity index (χ2v) is 5.71. The molecule has 0 bridgehead atoms. The molecule has 0 aliphatic heterocycles. The van der Waals surface area contributed by atoms with Gasteiger partial charge in [0.25, 0.3) is 0 Å². The Kier molecular flexibility index (Phi) is 5.17. The summed E-state index contributed by atoms with van der Waals surface area (Å²) in [4.78, 5) is 0. The zero-order valence-electron chi connectivity index (χ0n) is 10.9. The number of hydrogen-bond donors (Lipinski definition) is 1. The number of rotatable bonds is 4. The minimum absolute atomic E-state index is 0.262. The predicted octanol–water partition coefficient (Wildman–Crippen LogP) is 4.90. The van der Waals surface area contributed by atoms with E-state index in [1.165, 1.54) is 0 Å². The fourth-order valence-corrected chi connectivity index (χ4v) is 2.70. The molecule has 2 aromatic rings. The Labute approximate surface area is 133 Å². The zero-order chi connectivity index (χ0) is 14.7. The minimum atomic E-state index is -0.262. The van der Waals surface area contributed by atoms with Crippen molar-refractivity contribution in [3.05, 3.63) is 62.6 Å². The van der Waals surface area contributed by atoms with Crippen LogP contribution in [0.4, 0.5) is 0 Å². The zero-order valence-corrected chi connectivity index (χ0v) is 13.1. The minimum Gasteiger partial charge on any atom is -0.496 e. The van der Waals surface area contributed by atoms with Crippen molar-refractivity contribution in [2.45, 2.75) is 12.5 Å². The molecule has 0 spiro atoms. The molecule has 0 aromatic heterocycles. The van der Waals surface area contributed by atoms with Gasteiger partial charge in [0.1, 0.15) is 5.75 Å². The van der Waals surface area contributed by atoms with Crippen molar-refractivity contribution in [3.8, 4) is 5.75 Å². The van der Waals surface area contributed by atoms with E-state index in [2.05, 4.69) is 0 Å². The lowest BCUT2D eigenvalue weighted by atomic mass is 9.99. The van der Waals surface area contributed by atoms with Gasteiger partial charge < -0.3 is 10.5 Å². The molecule has 0 aliphatic rings. The number of benzene rings is 2. The van der Waals surface area contributed by atoms with Crippen molar-refractivity contribution in [3.63, 3.8) is 0 Å². The highest BCUT2D eigenvalue weighted by molar-refractivity contribution is 6.35. The number of halogens is 3. The molecular formula is C15H14Cl3NO. The summed E-state index contributed by atoms with van der Waals surface area (Å²) in [5.74, 6) is 0.715. The van der Waals surface area contributed by atoms with E-state index in [9.17, 15) is 0 Å². The fourth-order valence-electron chi connectivity index (χ4n) is 2.03. The molecule has 0 amide bonds. The average Bonchev–Trinajstić information content (AvgIpc) is 2.41. The van der Waals surface area contributed by atoms with Gasteiger partial charge in [0.15, 0.2) is 0 Å². The van der Waals surface area contributed by atoms with Gasteiger partial charge in [-0.15, -0.1) is 0 Å². The Morgan fingerprint density at radius 3 is 2.35 bits per heavy atom. The van der Waals surface area contributed by atoms with Crippen molar-refractivity contribution in [1.29, 1.82) is 0 Å². The summed E-state index contributed by atoms with van der Waals surface area (Å²) in [5, 5.41) is 1.83. The molecule has 0 radical (unpaired) electrons. The summed E-state index contributed by atoms with van der Waals surface area (Å²) in [7, 11) is 1.61. The van der Waals surface area contributed by atoms with Crippen LogP contribution in [0.15, 0.2) is 36.4 Å². The van der Waals surface area contributed by atoms with E-state index in [4.69, 9.17) is 45.3 Å². The molecule has 0 fully saturated rings. The third kappa shape index (κ3) is 3.58. The van der Waals surface area contributed by atoms with Crippen molar-refractivity contribution in [2.75, 3.05) is 7.11 Å². The van der Waals surface area contributed by atoms with Crippen LogP contribution in [0.2, 0.25) is 15.1 Å². The van der Waals surface area contributed by atoms with Crippen LogP contribution in [0.25, 0.3) is 0 Å². The quantitative estimate of drug-likeness (QED) is 0.865.